The van der Waals surface area contributed by atoms with Gasteiger partial charge in [-0.2, -0.15) is 0 Å². The maximum Gasteiger partial charge on any atom is 0.323 e. The standard InChI is InChI=1S/C35H39ClN4O3S/c36-33-32(29-13-11-26(12-14-29)25-39-19-23-43-24-20-39)37-34(44-33)38-35(41)40(30-16-21-42-22-17-30)18-15-31(27-7-3-1-4-8-27)28-9-5-2-6-10-28/h1-14,30-31H,15-25H2,(H,37,38,41). The van der Waals surface area contributed by atoms with Crippen LogP contribution in [-0.2, 0) is 16.0 Å². The first-order valence-electron chi connectivity index (χ1n) is 15.4. The minimum atomic E-state index is -0.144. The van der Waals surface area contributed by atoms with E-state index in [4.69, 9.17) is 26.1 Å². The molecule has 9 heteroatoms. The van der Waals surface area contributed by atoms with Gasteiger partial charge in [0.2, 0.25) is 0 Å². The fraction of sp³-hybridized carbons (Fsp3) is 0.371. The number of urea groups is 1. The van der Waals surface area contributed by atoms with Gasteiger partial charge in [0.25, 0.3) is 0 Å². The molecule has 3 aromatic carbocycles. The van der Waals surface area contributed by atoms with Crippen molar-refractivity contribution in [3.63, 3.8) is 0 Å². The average Bonchev–Trinajstić information content (AvgIpc) is 3.44. The monoisotopic (exact) mass is 630 g/mol. The van der Waals surface area contributed by atoms with Crippen LogP contribution in [-0.4, -0.2) is 72.9 Å². The number of carbonyl (C=O) groups excluding carboxylic acids is 1. The number of aromatic nitrogens is 1. The van der Waals surface area contributed by atoms with Crippen LogP contribution in [0.3, 0.4) is 0 Å². The third-order valence-electron chi connectivity index (χ3n) is 8.49. The fourth-order valence-corrected chi connectivity index (χ4v) is 7.17. The second kappa shape index (κ2) is 15.1. The highest BCUT2D eigenvalue weighted by molar-refractivity contribution is 7.20. The number of thiazole rings is 1. The van der Waals surface area contributed by atoms with Gasteiger partial charge in [-0.3, -0.25) is 10.2 Å². The minimum Gasteiger partial charge on any atom is -0.381 e. The summed E-state index contributed by atoms with van der Waals surface area (Å²) in [6, 6.07) is 29.4. The Morgan fingerprint density at radius 2 is 1.52 bits per heavy atom. The Morgan fingerprint density at radius 1 is 0.909 bits per heavy atom. The Labute approximate surface area is 268 Å². The van der Waals surface area contributed by atoms with E-state index in [0.717, 1.165) is 57.7 Å². The second-order valence-electron chi connectivity index (χ2n) is 11.4. The molecule has 230 valence electrons. The SMILES string of the molecule is O=C(Nc1nc(-c2ccc(CN3CCOCC3)cc2)c(Cl)s1)N(CCC(c1ccccc1)c1ccccc1)C1CCOCC1. The summed E-state index contributed by atoms with van der Waals surface area (Å²) in [5.74, 6) is 0.180. The molecule has 0 atom stereocenters. The highest BCUT2D eigenvalue weighted by atomic mass is 35.5. The lowest BCUT2D eigenvalue weighted by Gasteiger charge is -2.35. The first-order chi connectivity index (χ1) is 21.6. The lowest BCUT2D eigenvalue weighted by molar-refractivity contribution is 0.0342. The fourth-order valence-electron chi connectivity index (χ4n) is 6.09. The molecule has 3 heterocycles. The van der Waals surface area contributed by atoms with Gasteiger partial charge in [0.15, 0.2) is 5.13 Å². The highest BCUT2D eigenvalue weighted by Crippen LogP contribution is 2.36. The lowest BCUT2D eigenvalue weighted by atomic mass is 9.88. The Kier molecular flexibility index (Phi) is 10.6. The molecule has 44 heavy (non-hydrogen) atoms. The molecule has 0 bridgehead atoms. The summed E-state index contributed by atoms with van der Waals surface area (Å²) in [6.07, 6.45) is 2.43. The molecule has 0 aliphatic carbocycles. The molecule has 0 unspecified atom stereocenters. The largest absolute Gasteiger partial charge is 0.381 e. The van der Waals surface area contributed by atoms with Crippen LogP contribution >= 0.6 is 22.9 Å². The Morgan fingerprint density at radius 3 is 2.16 bits per heavy atom. The first-order valence-corrected chi connectivity index (χ1v) is 16.6. The maximum absolute atomic E-state index is 13.9. The molecule has 2 amide bonds. The summed E-state index contributed by atoms with van der Waals surface area (Å²) in [6.45, 7) is 6.30. The molecule has 0 saturated carbocycles. The molecule has 6 rings (SSSR count). The van der Waals surface area contributed by atoms with E-state index in [1.807, 2.05) is 17.0 Å². The Balaban J connectivity index is 1.16. The van der Waals surface area contributed by atoms with Crippen LogP contribution in [0.15, 0.2) is 84.9 Å². The van der Waals surface area contributed by atoms with Crippen molar-refractivity contribution in [1.29, 1.82) is 0 Å². The van der Waals surface area contributed by atoms with Gasteiger partial charge in [-0.15, -0.1) is 0 Å². The number of nitrogens with zero attached hydrogens (tertiary/aromatic N) is 3. The molecule has 2 saturated heterocycles. The van der Waals surface area contributed by atoms with Crippen LogP contribution in [0.5, 0.6) is 0 Å². The normalized spacial score (nSPS) is 16.2. The molecule has 2 aliphatic rings. The van der Waals surface area contributed by atoms with E-state index < -0.39 is 0 Å². The summed E-state index contributed by atoms with van der Waals surface area (Å²) >= 11 is 7.98. The van der Waals surface area contributed by atoms with E-state index in [9.17, 15) is 4.79 Å². The van der Waals surface area contributed by atoms with Gasteiger partial charge in [-0.05, 0) is 36.0 Å². The first kappa shape index (κ1) is 30.7. The zero-order chi connectivity index (χ0) is 30.1. The van der Waals surface area contributed by atoms with Crippen LogP contribution in [0.2, 0.25) is 4.34 Å². The predicted molar refractivity (Wildman–Crippen MR) is 178 cm³/mol. The topological polar surface area (TPSA) is 66.9 Å². The maximum atomic E-state index is 13.9. The van der Waals surface area contributed by atoms with Crippen LogP contribution in [0.4, 0.5) is 9.93 Å². The number of carbonyl (C=O) groups is 1. The number of benzene rings is 3. The van der Waals surface area contributed by atoms with E-state index in [2.05, 4.69) is 83.0 Å². The number of halogens is 1. The molecule has 0 spiro atoms. The van der Waals surface area contributed by atoms with E-state index in [-0.39, 0.29) is 18.0 Å². The number of amides is 2. The van der Waals surface area contributed by atoms with Crippen molar-refractivity contribution in [3.05, 3.63) is 106 Å². The van der Waals surface area contributed by atoms with Gasteiger partial charge in [0.1, 0.15) is 10.0 Å². The zero-order valence-corrected chi connectivity index (χ0v) is 26.4. The van der Waals surface area contributed by atoms with Crippen molar-refractivity contribution in [2.45, 2.75) is 37.8 Å². The Bertz CT molecular complexity index is 1430. The van der Waals surface area contributed by atoms with Crippen LogP contribution < -0.4 is 5.32 Å². The molecular formula is C35H39ClN4O3S. The van der Waals surface area contributed by atoms with Gasteiger partial charge < -0.3 is 14.4 Å². The van der Waals surface area contributed by atoms with Crippen LogP contribution in [0.1, 0.15) is 41.9 Å². The quantitative estimate of drug-likeness (QED) is 0.196. The lowest BCUT2D eigenvalue weighted by Crippen LogP contribution is -2.46. The van der Waals surface area contributed by atoms with Gasteiger partial charge in [0.05, 0.1) is 13.2 Å². The summed E-state index contributed by atoms with van der Waals surface area (Å²) in [5.41, 5.74) is 5.37. The Hall–Kier alpha value is -3.27. The van der Waals surface area contributed by atoms with E-state index in [1.165, 1.54) is 28.0 Å². The number of ether oxygens (including phenoxy) is 2. The van der Waals surface area contributed by atoms with Crippen LogP contribution in [0.25, 0.3) is 11.3 Å². The van der Waals surface area contributed by atoms with Crippen molar-refractivity contribution in [1.82, 2.24) is 14.8 Å². The number of nitrogens with one attached hydrogen (secondary N) is 1. The van der Waals surface area contributed by atoms with E-state index >= 15 is 0 Å². The molecule has 2 aliphatic heterocycles. The second-order valence-corrected chi connectivity index (χ2v) is 13.0. The van der Waals surface area contributed by atoms with Crippen molar-refractivity contribution in [3.8, 4) is 11.3 Å². The van der Waals surface area contributed by atoms with Crippen molar-refractivity contribution in [2.24, 2.45) is 0 Å². The molecule has 4 aromatic rings. The number of rotatable bonds is 10. The molecular weight excluding hydrogens is 592 g/mol. The van der Waals surface area contributed by atoms with Gasteiger partial charge >= 0.3 is 6.03 Å². The minimum absolute atomic E-state index is 0.102. The van der Waals surface area contributed by atoms with E-state index in [0.29, 0.717) is 34.9 Å². The zero-order valence-electron chi connectivity index (χ0n) is 24.9. The summed E-state index contributed by atoms with van der Waals surface area (Å²) in [4.78, 5) is 23.0. The van der Waals surface area contributed by atoms with Crippen molar-refractivity contribution >= 4 is 34.1 Å². The van der Waals surface area contributed by atoms with E-state index in [1.54, 1.807) is 0 Å². The number of hydrogen-bond acceptors (Lipinski definition) is 6. The number of anilines is 1. The predicted octanol–water partition coefficient (Wildman–Crippen LogP) is 7.53. The summed E-state index contributed by atoms with van der Waals surface area (Å²) in [7, 11) is 0. The molecule has 0 radical (unpaired) electrons. The van der Waals surface area contributed by atoms with Crippen molar-refractivity contribution < 1.29 is 14.3 Å². The third kappa shape index (κ3) is 7.86. The highest BCUT2D eigenvalue weighted by Gasteiger charge is 2.28. The molecule has 2 fully saturated rings. The van der Waals surface area contributed by atoms with Gasteiger partial charge in [-0.1, -0.05) is 108 Å². The third-order valence-corrected chi connectivity index (χ3v) is 9.66. The summed E-state index contributed by atoms with van der Waals surface area (Å²) in [5, 5.41) is 3.60. The van der Waals surface area contributed by atoms with Gasteiger partial charge in [0, 0.05) is 56.9 Å². The van der Waals surface area contributed by atoms with Crippen LogP contribution in [0, 0.1) is 0 Å². The van der Waals surface area contributed by atoms with Crippen molar-refractivity contribution in [2.75, 3.05) is 51.4 Å². The smallest absolute Gasteiger partial charge is 0.323 e. The molecule has 1 aromatic heterocycles. The average molecular weight is 631 g/mol. The van der Waals surface area contributed by atoms with Gasteiger partial charge in [-0.25, -0.2) is 9.78 Å². The molecule has 1 N–H and O–H groups in total. The molecule has 7 nitrogen and oxygen atoms in total. The summed E-state index contributed by atoms with van der Waals surface area (Å²) < 4.78 is 11.7. The number of hydrogen-bond donors (Lipinski definition) is 1. The number of morpholine rings is 1.